The number of aromatic nitrogens is 2. The Bertz CT molecular complexity index is 1000. The Morgan fingerprint density at radius 3 is 2.83 bits per heavy atom. The third-order valence-corrected chi connectivity index (χ3v) is 4.79. The second kappa shape index (κ2) is 9.46. The summed E-state index contributed by atoms with van der Waals surface area (Å²) in [7, 11) is 3.15. The zero-order chi connectivity index (χ0) is 21.7. The molecule has 1 amide bonds. The monoisotopic (exact) mass is 431 g/mol. The predicted octanol–water partition coefficient (Wildman–Crippen LogP) is 1.94. The number of rotatable bonds is 9. The minimum Gasteiger partial charge on any atom is -0.496 e. The Balaban J connectivity index is 1.81. The number of methoxy groups -OCH3 is 2. The van der Waals surface area contributed by atoms with Gasteiger partial charge in [0.2, 0.25) is 0 Å². The van der Waals surface area contributed by atoms with Gasteiger partial charge in [-0.1, -0.05) is 6.07 Å². The van der Waals surface area contributed by atoms with E-state index in [9.17, 15) is 14.9 Å². The maximum Gasteiger partial charge on any atom is 0.307 e. The molecule has 0 spiro atoms. The summed E-state index contributed by atoms with van der Waals surface area (Å²) in [4.78, 5) is 24.5. The number of benzene rings is 1. The highest BCUT2D eigenvalue weighted by Crippen LogP contribution is 2.24. The van der Waals surface area contributed by atoms with E-state index in [-0.39, 0.29) is 18.1 Å². The lowest BCUT2D eigenvalue weighted by molar-refractivity contribution is -0.385. The van der Waals surface area contributed by atoms with Crippen molar-refractivity contribution in [3.63, 3.8) is 0 Å². The van der Waals surface area contributed by atoms with Crippen LogP contribution in [0.1, 0.15) is 17.5 Å². The summed E-state index contributed by atoms with van der Waals surface area (Å²) in [6.45, 7) is 1.29. The smallest absolute Gasteiger partial charge is 0.307 e. The minimum absolute atomic E-state index is 0.0879. The summed E-state index contributed by atoms with van der Waals surface area (Å²) in [5, 5.41) is 18.2. The lowest BCUT2D eigenvalue weighted by Gasteiger charge is -2.13. The Kier molecular flexibility index (Phi) is 6.75. The molecule has 1 aromatic carbocycles. The molecule has 1 aliphatic heterocycles. The molecule has 30 heavy (non-hydrogen) atoms. The summed E-state index contributed by atoms with van der Waals surface area (Å²) in [6, 6.07) is 5.42. The standard InChI is InChI=1S/C19H21N5O5S/c1-28-7-3-6-23-18(25)16(21-19(23)30)9-13-4-5-17(29-2)14(8-13)11-22-12-15(10-20-22)24(26)27/h4-5,8-10,12H,3,6-7,11H2,1-2H3,(H,21,30)/b16-9+. The molecule has 11 heteroatoms. The van der Waals surface area contributed by atoms with E-state index in [0.29, 0.717) is 36.1 Å². The van der Waals surface area contributed by atoms with E-state index >= 15 is 0 Å². The van der Waals surface area contributed by atoms with Gasteiger partial charge in [0.15, 0.2) is 5.11 Å². The summed E-state index contributed by atoms with van der Waals surface area (Å²) in [5.74, 6) is 0.411. The SMILES string of the molecule is COCCCN1C(=O)/C(=C\c2ccc(OC)c(Cn3cc([N+](=O)[O-])cn3)c2)NC1=S. The first-order valence-corrected chi connectivity index (χ1v) is 9.51. The maximum absolute atomic E-state index is 12.6. The van der Waals surface area contributed by atoms with Gasteiger partial charge in [0.05, 0.1) is 18.6 Å². The van der Waals surface area contributed by atoms with Gasteiger partial charge in [-0.05, 0) is 42.4 Å². The molecule has 1 N–H and O–H groups in total. The predicted molar refractivity (Wildman–Crippen MR) is 113 cm³/mol. The molecule has 0 bridgehead atoms. The second-order valence-corrected chi connectivity index (χ2v) is 6.90. The van der Waals surface area contributed by atoms with Crippen LogP contribution in [0.15, 0.2) is 36.3 Å². The molecular weight excluding hydrogens is 410 g/mol. The van der Waals surface area contributed by atoms with Crippen molar-refractivity contribution in [3.05, 3.63) is 57.5 Å². The lowest BCUT2D eigenvalue weighted by Crippen LogP contribution is -2.32. The molecule has 0 aliphatic carbocycles. The fraction of sp³-hybridized carbons (Fsp3) is 0.316. The molecule has 1 aromatic heterocycles. The topological polar surface area (TPSA) is 112 Å². The average molecular weight is 431 g/mol. The average Bonchev–Trinajstić information content (AvgIpc) is 3.28. The fourth-order valence-corrected chi connectivity index (χ4v) is 3.31. The zero-order valence-corrected chi connectivity index (χ0v) is 17.3. The molecule has 0 atom stereocenters. The van der Waals surface area contributed by atoms with Gasteiger partial charge in [-0.3, -0.25) is 24.5 Å². The van der Waals surface area contributed by atoms with Crippen LogP contribution >= 0.6 is 12.2 Å². The van der Waals surface area contributed by atoms with Crippen molar-refractivity contribution in [2.75, 3.05) is 27.4 Å². The summed E-state index contributed by atoms with van der Waals surface area (Å²) >= 11 is 5.26. The molecule has 0 saturated carbocycles. The molecular formula is C19H21N5O5S. The Hall–Kier alpha value is -3.31. The largest absolute Gasteiger partial charge is 0.496 e. The summed E-state index contributed by atoms with van der Waals surface area (Å²) in [5.41, 5.74) is 1.80. The first-order chi connectivity index (χ1) is 14.4. The zero-order valence-electron chi connectivity index (χ0n) is 16.5. The van der Waals surface area contributed by atoms with Crippen LogP contribution < -0.4 is 10.1 Å². The number of nitrogens with zero attached hydrogens (tertiary/aromatic N) is 4. The van der Waals surface area contributed by atoms with E-state index in [4.69, 9.17) is 21.7 Å². The van der Waals surface area contributed by atoms with E-state index in [1.54, 1.807) is 26.4 Å². The van der Waals surface area contributed by atoms with Crippen LogP contribution in [0, 0.1) is 10.1 Å². The van der Waals surface area contributed by atoms with Crippen LogP contribution in [0.4, 0.5) is 5.69 Å². The molecule has 158 valence electrons. The number of hydrogen-bond donors (Lipinski definition) is 1. The second-order valence-electron chi connectivity index (χ2n) is 6.52. The van der Waals surface area contributed by atoms with Gasteiger partial charge in [0.1, 0.15) is 23.8 Å². The van der Waals surface area contributed by atoms with Crippen molar-refractivity contribution in [2.24, 2.45) is 0 Å². The van der Waals surface area contributed by atoms with Crippen LogP contribution in [-0.2, 0) is 16.1 Å². The number of carbonyl (C=O) groups is 1. The van der Waals surface area contributed by atoms with E-state index in [1.807, 2.05) is 12.1 Å². The van der Waals surface area contributed by atoms with Crippen molar-refractivity contribution in [2.45, 2.75) is 13.0 Å². The van der Waals surface area contributed by atoms with Crippen LogP contribution in [0.3, 0.4) is 0 Å². The lowest BCUT2D eigenvalue weighted by atomic mass is 10.1. The van der Waals surface area contributed by atoms with Crippen molar-refractivity contribution >= 4 is 35.0 Å². The van der Waals surface area contributed by atoms with E-state index in [2.05, 4.69) is 10.4 Å². The van der Waals surface area contributed by atoms with Gasteiger partial charge in [0, 0.05) is 25.8 Å². The molecule has 0 radical (unpaired) electrons. The third kappa shape index (κ3) is 4.81. The van der Waals surface area contributed by atoms with E-state index in [1.165, 1.54) is 22.0 Å². The number of thiocarbonyl (C=S) groups is 1. The van der Waals surface area contributed by atoms with Crippen LogP contribution in [0.2, 0.25) is 0 Å². The fourth-order valence-electron chi connectivity index (χ4n) is 3.03. The molecule has 1 saturated heterocycles. The quantitative estimate of drug-likeness (QED) is 0.211. The van der Waals surface area contributed by atoms with Gasteiger partial charge in [-0.2, -0.15) is 5.10 Å². The van der Waals surface area contributed by atoms with Gasteiger partial charge < -0.3 is 14.8 Å². The summed E-state index contributed by atoms with van der Waals surface area (Å²) in [6.07, 6.45) is 4.93. The van der Waals surface area contributed by atoms with E-state index in [0.717, 1.165) is 11.1 Å². The molecule has 0 unspecified atom stereocenters. The van der Waals surface area contributed by atoms with Gasteiger partial charge in [-0.15, -0.1) is 0 Å². The molecule has 1 fully saturated rings. The van der Waals surface area contributed by atoms with Crippen molar-refractivity contribution in [3.8, 4) is 5.75 Å². The van der Waals surface area contributed by atoms with E-state index < -0.39 is 4.92 Å². The molecule has 1 aliphatic rings. The number of carbonyl (C=O) groups excluding carboxylic acids is 1. The number of amides is 1. The summed E-state index contributed by atoms with van der Waals surface area (Å²) < 4.78 is 11.9. The highest BCUT2D eigenvalue weighted by molar-refractivity contribution is 7.80. The Labute approximate surface area is 178 Å². The van der Waals surface area contributed by atoms with Gasteiger partial charge in [-0.25, -0.2) is 0 Å². The molecule has 2 aromatic rings. The van der Waals surface area contributed by atoms with Crippen LogP contribution in [0.5, 0.6) is 5.75 Å². The number of nitrogens with one attached hydrogen (secondary N) is 1. The van der Waals surface area contributed by atoms with Crippen LogP contribution in [0.25, 0.3) is 6.08 Å². The van der Waals surface area contributed by atoms with Gasteiger partial charge >= 0.3 is 5.69 Å². The van der Waals surface area contributed by atoms with Crippen LogP contribution in [-0.4, -0.2) is 58.0 Å². The highest BCUT2D eigenvalue weighted by Gasteiger charge is 2.30. The van der Waals surface area contributed by atoms with Gasteiger partial charge in [0.25, 0.3) is 5.91 Å². The molecule has 3 rings (SSSR count). The number of hydrogen-bond acceptors (Lipinski definition) is 7. The third-order valence-electron chi connectivity index (χ3n) is 4.47. The molecule has 2 heterocycles. The molecule has 10 nitrogen and oxygen atoms in total. The minimum atomic E-state index is -0.500. The van der Waals surface area contributed by atoms with Crippen molar-refractivity contribution in [1.82, 2.24) is 20.0 Å². The van der Waals surface area contributed by atoms with Crippen molar-refractivity contribution < 1.29 is 19.2 Å². The maximum atomic E-state index is 12.6. The Morgan fingerprint density at radius 1 is 1.37 bits per heavy atom. The number of ether oxygens (including phenoxy) is 2. The first kappa shape index (κ1) is 21.4. The normalized spacial score (nSPS) is 15.0. The van der Waals surface area contributed by atoms with Crippen molar-refractivity contribution in [1.29, 1.82) is 0 Å². The Morgan fingerprint density at radius 2 is 2.17 bits per heavy atom. The number of nitro groups is 1. The first-order valence-electron chi connectivity index (χ1n) is 9.10. The highest BCUT2D eigenvalue weighted by atomic mass is 32.1.